The van der Waals surface area contributed by atoms with E-state index in [0.717, 1.165) is 4.47 Å². The Hall–Kier alpha value is -1.28. The Morgan fingerprint density at radius 3 is 2.12 bits per heavy atom. The maximum Gasteiger partial charge on any atom is 0.139 e. The second kappa shape index (κ2) is 3.64. The maximum atomic E-state index is 3.51. The van der Waals surface area contributed by atoms with Gasteiger partial charge in [-0.1, -0.05) is 57.8 Å². The summed E-state index contributed by atoms with van der Waals surface area (Å²) in [4.78, 5) is 0. The van der Waals surface area contributed by atoms with Crippen LogP contribution in [0.2, 0.25) is 0 Å². The molecule has 0 aliphatic rings. The van der Waals surface area contributed by atoms with E-state index in [1.807, 2.05) is 0 Å². The van der Waals surface area contributed by atoms with E-state index in [1.165, 1.54) is 27.0 Å². The summed E-state index contributed by atoms with van der Waals surface area (Å²) in [6, 6.07) is 17.4. The average molecular weight is 269 g/mol. The van der Waals surface area contributed by atoms with Crippen LogP contribution < -0.4 is 5.46 Å². The van der Waals surface area contributed by atoms with Gasteiger partial charge in [-0.15, -0.1) is 0 Å². The van der Waals surface area contributed by atoms with Gasteiger partial charge < -0.3 is 0 Å². The Kier molecular flexibility index (Phi) is 2.25. The van der Waals surface area contributed by atoms with E-state index in [0.29, 0.717) is 0 Å². The maximum absolute atomic E-state index is 3.51. The van der Waals surface area contributed by atoms with Crippen LogP contribution in [-0.2, 0) is 0 Å². The first kappa shape index (κ1) is 9.92. The Labute approximate surface area is 104 Å². The van der Waals surface area contributed by atoms with E-state index in [4.69, 9.17) is 0 Å². The first-order chi connectivity index (χ1) is 7.74. The van der Waals surface area contributed by atoms with Crippen molar-refractivity contribution in [2.75, 3.05) is 0 Å². The van der Waals surface area contributed by atoms with Crippen molar-refractivity contribution in [1.82, 2.24) is 0 Å². The molecule has 0 radical (unpaired) electrons. The molecular weight excluding hydrogens is 259 g/mol. The third-order valence-electron chi connectivity index (χ3n) is 2.95. The van der Waals surface area contributed by atoms with Gasteiger partial charge in [0.15, 0.2) is 0 Å². The van der Waals surface area contributed by atoms with E-state index >= 15 is 0 Å². The lowest BCUT2D eigenvalue weighted by atomic mass is 9.92. The van der Waals surface area contributed by atoms with Crippen LogP contribution in [0.3, 0.4) is 0 Å². The van der Waals surface area contributed by atoms with Gasteiger partial charge in [-0.2, -0.15) is 0 Å². The van der Waals surface area contributed by atoms with Gasteiger partial charge >= 0.3 is 0 Å². The summed E-state index contributed by atoms with van der Waals surface area (Å²) >= 11 is 3.51. The highest BCUT2D eigenvalue weighted by Gasteiger charge is 2.00. The zero-order valence-electron chi connectivity index (χ0n) is 9.00. The van der Waals surface area contributed by atoms with Crippen molar-refractivity contribution in [3.05, 3.63) is 53.0 Å². The highest BCUT2D eigenvalue weighted by Crippen LogP contribution is 2.26. The zero-order chi connectivity index (χ0) is 11.1. The van der Waals surface area contributed by atoms with Crippen LogP contribution in [0, 0.1) is 0 Å². The van der Waals surface area contributed by atoms with Gasteiger partial charge in [-0.25, -0.2) is 0 Å². The number of rotatable bonds is 0. The molecule has 3 rings (SSSR count). The highest BCUT2D eigenvalue weighted by atomic mass is 79.9. The minimum absolute atomic E-state index is 1.13. The van der Waals surface area contributed by atoms with Crippen molar-refractivity contribution in [1.29, 1.82) is 0 Å². The average Bonchev–Trinajstić information content (AvgIpc) is 2.28. The van der Waals surface area contributed by atoms with Gasteiger partial charge in [0.25, 0.3) is 0 Å². The fourth-order valence-corrected chi connectivity index (χ4v) is 2.54. The minimum atomic E-state index is 1.13. The van der Waals surface area contributed by atoms with Crippen LogP contribution >= 0.6 is 15.9 Å². The monoisotopic (exact) mass is 268 g/mol. The molecule has 76 valence electrons. The Balaban J connectivity index is 2.50. The van der Waals surface area contributed by atoms with Crippen LogP contribution in [-0.4, -0.2) is 7.85 Å². The molecule has 0 N–H and O–H groups in total. The van der Waals surface area contributed by atoms with E-state index in [1.54, 1.807) is 0 Å². The van der Waals surface area contributed by atoms with Crippen LogP contribution in [0.15, 0.2) is 53.0 Å². The normalized spacial score (nSPS) is 11.1. The molecule has 0 saturated carbocycles. The van der Waals surface area contributed by atoms with Crippen molar-refractivity contribution in [3.8, 4) is 0 Å². The molecule has 0 heterocycles. The molecule has 0 aliphatic heterocycles. The van der Waals surface area contributed by atoms with Crippen LogP contribution in [0.4, 0.5) is 0 Å². The molecule has 3 aromatic rings. The summed E-state index contributed by atoms with van der Waals surface area (Å²) in [7, 11) is 2.13. The van der Waals surface area contributed by atoms with Gasteiger partial charge in [-0.05, 0) is 33.7 Å². The predicted molar refractivity (Wildman–Crippen MR) is 77.3 cm³/mol. The molecule has 0 amide bonds. The first-order valence-corrected chi connectivity index (χ1v) is 6.12. The zero-order valence-corrected chi connectivity index (χ0v) is 10.6. The molecular formula is C14H10BBr. The lowest BCUT2D eigenvalue weighted by Crippen LogP contribution is -1.99. The molecule has 0 bridgehead atoms. The number of hydrogen-bond acceptors (Lipinski definition) is 0. The molecule has 0 spiro atoms. The molecule has 0 aliphatic carbocycles. The van der Waals surface area contributed by atoms with Gasteiger partial charge in [0, 0.05) is 4.47 Å². The third kappa shape index (κ3) is 1.54. The molecule has 0 aromatic heterocycles. The van der Waals surface area contributed by atoms with Gasteiger partial charge in [0.05, 0.1) is 0 Å². The SMILES string of the molecule is Bc1ccc2c(ccc3cc(Br)ccc32)c1. The van der Waals surface area contributed by atoms with Gasteiger partial charge in [0.1, 0.15) is 7.85 Å². The molecule has 3 aromatic carbocycles. The fourth-order valence-electron chi connectivity index (χ4n) is 2.16. The highest BCUT2D eigenvalue weighted by molar-refractivity contribution is 9.10. The molecule has 0 saturated heterocycles. The topological polar surface area (TPSA) is 0 Å². The molecule has 2 heteroatoms. The lowest BCUT2D eigenvalue weighted by Gasteiger charge is -2.05. The fraction of sp³-hybridized carbons (Fsp3) is 0. The third-order valence-corrected chi connectivity index (χ3v) is 3.45. The summed E-state index contributed by atoms with van der Waals surface area (Å²) in [5, 5.41) is 5.25. The number of benzene rings is 3. The van der Waals surface area contributed by atoms with E-state index < -0.39 is 0 Å². The number of fused-ring (bicyclic) bond motifs is 3. The van der Waals surface area contributed by atoms with Crippen LogP contribution in [0.5, 0.6) is 0 Å². The quantitative estimate of drug-likeness (QED) is 0.434. The van der Waals surface area contributed by atoms with Crippen molar-refractivity contribution in [2.24, 2.45) is 0 Å². The number of halogens is 1. The Morgan fingerprint density at radius 2 is 1.38 bits per heavy atom. The van der Waals surface area contributed by atoms with E-state index in [2.05, 4.69) is 72.3 Å². The molecule has 0 nitrogen and oxygen atoms in total. The van der Waals surface area contributed by atoms with Crippen molar-refractivity contribution in [3.63, 3.8) is 0 Å². The molecule has 0 unspecified atom stereocenters. The predicted octanol–water partition coefficient (Wildman–Crippen LogP) is 3.01. The van der Waals surface area contributed by atoms with Crippen molar-refractivity contribution < 1.29 is 0 Å². The smallest absolute Gasteiger partial charge is 0.0883 e. The van der Waals surface area contributed by atoms with Gasteiger partial charge in [-0.3, -0.25) is 0 Å². The van der Waals surface area contributed by atoms with Crippen LogP contribution in [0.25, 0.3) is 21.5 Å². The summed E-state index contributed by atoms with van der Waals surface area (Å²) in [5.74, 6) is 0. The second-order valence-electron chi connectivity index (χ2n) is 4.16. The van der Waals surface area contributed by atoms with Gasteiger partial charge in [0.2, 0.25) is 0 Å². The van der Waals surface area contributed by atoms with E-state index in [-0.39, 0.29) is 0 Å². The van der Waals surface area contributed by atoms with E-state index in [9.17, 15) is 0 Å². The molecule has 0 atom stereocenters. The largest absolute Gasteiger partial charge is 0.139 e. The molecule has 16 heavy (non-hydrogen) atoms. The van der Waals surface area contributed by atoms with Crippen LogP contribution in [0.1, 0.15) is 0 Å². The Bertz CT molecular complexity index is 628. The van der Waals surface area contributed by atoms with Crippen molar-refractivity contribution in [2.45, 2.75) is 0 Å². The van der Waals surface area contributed by atoms with Crippen molar-refractivity contribution >= 4 is 50.8 Å². The minimum Gasteiger partial charge on any atom is -0.0883 e. The second-order valence-corrected chi connectivity index (χ2v) is 5.07. The Morgan fingerprint density at radius 1 is 0.750 bits per heavy atom. The summed E-state index contributed by atoms with van der Waals surface area (Å²) in [5.41, 5.74) is 1.31. The summed E-state index contributed by atoms with van der Waals surface area (Å²) < 4.78 is 1.13. The lowest BCUT2D eigenvalue weighted by molar-refractivity contribution is 1.73. The summed E-state index contributed by atoms with van der Waals surface area (Å²) in [6.45, 7) is 0. The summed E-state index contributed by atoms with van der Waals surface area (Å²) in [6.07, 6.45) is 0. The standard InChI is InChI=1S/C14H10BBr/c15-11-3-5-13-9(7-11)1-2-10-8-12(16)4-6-14(10)13/h1-8H,15H2. The number of hydrogen-bond donors (Lipinski definition) is 0. The molecule has 0 fully saturated rings. The first-order valence-electron chi connectivity index (χ1n) is 5.33.